The molecule has 0 unspecified atom stereocenters. The Labute approximate surface area is 208 Å². The van der Waals surface area contributed by atoms with Gasteiger partial charge in [-0.3, -0.25) is 34.7 Å². The first kappa shape index (κ1) is 27.0. The predicted octanol–water partition coefficient (Wildman–Crippen LogP) is 0.910. The van der Waals surface area contributed by atoms with Gasteiger partial charge >= 0.3 is 0 Å². The van der Waals surface area contributed by atoms with Gasteiger partial charge in [0.1, 0.15) is 0 Å². The number of fused-ring (bicyclic) bond motifs is 1. The van der Waals surface area contributed by atoms with Crippen LogP contribution in [-0.2, 0) is 24.2 Å². The number of carbonyl (C=O) groups is 4. The molecule has 192 valence electrons. The minimum absolute atomic E-state index is 0.0365. The molecule has 1 aliphatic rings. The van der Waals surface area contributed by atoms with Crippen LogP contribution in [0.2, 0.25) is 0 Å². The molecule has 0 fully saturated rings. The fraction of sp³-hybridized carbons (Fsp3) is 0.333. The standard InChI is InChI=1S/C24H28N4O7S/c1-4-11-24(23(32)26-25,36(3,34)35)19-10-9-14(2)12-17(19)18(20(29)27-33)13-28-21(30)15-7-5-6-8-16(15)22(28)31/h5-10,12,18,33H,4,11,13,25H2,1-3H3,(H,26,32)(H,27,29)/t18-,24+/m0/s1. The first-order chi connectivity index (χ1) is 16.9. The number of rotatable bonds is 9. The molecule has 5 N–H and O–H groups in total. The van der Waals surface area contributed by atoms with Crippen LogP contribution in [0.4, 0.5) is 0 Å². The zero-order valence-electron chi connectivity index (χ0n) is 20.1. The van der Waals surface area contributed by atoms with Gasteiger partial charge in [-0.15, -0.1) is 0 Å². The maximum Gasteiger partial charge on any atom is 0.261 e. The molecule has 0 saturated heterocycles. The predicted molar refractivity (Wildman–Crippen MR) is 129 cm³/mol. The lowest BCUT2D eigenvalue weighted by Crippen LogP contribution is -2.53. The van der Waals surface area contributed by atoms with Gasteiger partial charge in [-0.05, 0) is 36.6 Å². The molecule has 2 aromatic rings. The molecule has 0 saturated carbocycles. The second-order valence-corrected chi connectivity index (χ2v) is 10.9. The second kappa shape index (κ2) is 10.2. The van der Waals surface area contributed by atoms with Crippen LogP contribution >= 0.6 is 0 Å². The molecule has 11 nitrogen and oxygen atoms in total. The first-order valence-electron chi connectivity index (χ1n) is 11.1. The third-order valence-electron chi connectivity index (χ3n) is 6.42. The molecular weight excluding hydrogens is 488 g/mol. The van der Waals surface area contributed by atoms with Crippen LogP contribution in [0.5, 0.6) is 0 Å². The summed E-state index contributed by atoms with van der Waals surface area (Å²) >= 11 is 0. The van der Waals surface area contributed by atoms with Crippen molar-refractivity contribution in [3.05, 3.63) is 70.3 Å². The zero-order valence-corrected chi connectivity index (χ0v) is 20.9. The molecule has 2 atom stereocenters. The third-order valence-corrected chi connectivity index (χ3v) is 8.30. The minimum Gasteiger partial charge on any atom is -0.293 e. The number of nitrogens with one attached hydrogen (secondary N) is 2. The number of imide groups is 1. The minimum atomic E-state index is -4.18. The molecule has 0 radical (unpaired) electrons. The number of amides is 4. The summed E-state index contributed by atoms with van der Waals surface area (Å²) in [6.45, 7) is 2.87. The van der Waals surface area contributed by atoms with Crippen molar-refractivity contribution >= 4 is 33.5 Å². The molecule has 4 amide bonds. The lowest BCUT2D eigenvalue weighted by molar-refractivity contribution is -0.131. The highest BCUT2D eigenvalue weighted by molar-refractivity contribution is 7.92. The van der Waals surface area contributed by atoms with Crippen molar-refractivity contribution in [3.8, 4) is 0 Å². The fourth-order valence-corrected chi connectivity index (χ4v) is 6.27. The monoisotopic (exact) mass is 516 g/mol. The molecule has 3 rings (SSSR count). The van der Waals surface area contributed by atoms with Gasteiger partial charge in [-0.25, -0.2) is 19.7 Å². The summed E-state index contributed by atoms with van der Waals surface area (Å²) in [5.41, 5.74) is 4.42. The molecular formula is C24H28N4O7S. The summed E-state index contributed by atoms with van der Waals surface area (Å²) in [6.07, 6.45) is 1.00. The van der Waals surface area contributed by atoms with Crippen LogP contribution < -0.4 is 16.7 Å². The number of hydrazine groups is 1. The molecule has 0 spiro atoms. The summed E-state index contributed by atoms with van der Waals surface area (Å²) in [7, 11) is -4.18. The second-order valence-electron chi connectivity index (χ2n) is 8.71. The maximum atomic E-state index is 13.2. The van der Waals surface area contributed by atoms with Gasteiger partial charge in [0.15, 0.2) is 14.6 Å². The number of nitrogens with two attached hydrogens (primary N) is 1. The number of nitrogens with zero attached hydrogens (tertiary/aromatic N) is 1. The van der Waals surface area contributed by atoms with Crippen molar-refractivity contribution in [1.82, 2.24) is 15.8 Å². The highest BCUT2D eigenvalue weighted by atomic mass is 32.2. The van der Waals surface area contributed by atoms with Gasteiger partial charge in [0.05, 0.1) is 17.0 Å². The Bertz CT molecular complexity index is 1310. The number of aryl methyl sites for hydroxylation is 1. The summed E-state index contributed by atoms with van der Waals surface area (Å²) in [4.78, 5) is 52.9. The van der Waals surface area contributed by atoms with E-state index in [4.69, 9.17) is 5.84 Å². The van der Waals surface area contributed by atoms with Crippen molar-refractivity contribution in [1.29, 1.82) is 0 Å². The SMILES string of the molecule is CCC[C@](C(=O)NN)(c1ccc(C)cc1[C@H](CN1C(=O)c2ccccc2C1=O)C(=O)NO)S(C)(=O)=O. The highest BCUT2D eigenvalue weighted by Crippen LogP contribution is 2.41. The number of hydrogen-bond donors (Lipinski definition) is 4. The average molecular weight is 517 g/mol. The number of benzene rings is 2. The van der Waals surface area contributed by atoms with E-state index in [2.05, 4.69) is 0 Å². The van der Waals surface area contributed by atoms with Crippen LogP contribution in [-0.4, -0.2) is 55.0 Å². The van der Waals surface area contributed by atoms with Crippen molar-refractivity contribution in [3.63, 3.8) is 0 Å². The van der Waals surface area contributed by atoms with E-state index in [9.17, 15) is 32.8 Å². The van der Waals surface area contributed by atoms with Crippen LogP contribution in [0.3, 0.4) is 0 Å². The number of sulfone groups is 1. The van der Waals surface area contributed by atoms with E-state index in [1.807, 2.05) is 5.43 Å². The van der Waals surface area contributed by atoms with E-state index in [1.165, 1.54) is 29.7 Å². The fourth-order valence-electron chi connectivity index (χ4n) is 4.72. The van der Waals surface area contributed by atoms with Crippen molar-refractivity contribution < 1.29 is 32.8 Å². The molecule has 0 bridgehead atoms. The largest absolute Gasteiger partial charge is 0.293 e. The van der Waals surface area contributed by atoms with E-state index in [-0.39, 0.29) is 35.1 Å². The van der Waals surface area contributed by atoms with Crippen LogP contribution in [0, 0.1) is 6.92 Å². The average Bonchev–Trinajstić information content (AvgIpc) is 3.09. The molecule has 0 aromatic heterocycles. The Morgan fingerprint density at radius 1 is 1.11 bits per heavy atom. The third kappa shape index (κ3) is 4.38. The van der Waals surface area contributed by atoms with Gasteiger partial charge in [0.2, 0.25) is 0 Å². The molecule has 36 heavy (non-hydrogen) atoms. The summed E-state index contributed by atoms with van der Waals surface area (Å²) in [6, 6.07) is 10.6. The van der Waals surface area contributed by atoms with Gasteiger partial charge in [-0.1, -0.05) is 49.2 Å². The topological polar surface area (TPSA) is 176 Å². The number of hydroxylamine groups is 1. The lowest BCUT2D eigenvalue weighted by atomic mass is 9.82. The van der Waals surface area contributed by atoms with Crippen LogP contribution in [0.25, 0.3) is 0 Å². The summed E-state index contributed by atoms with van der Waals surface area (Å²) < 4.78 is 24.1. The van der Waals surface area contributed by atoms with E-state index >= 15 is 0 Å². The van der Waals surface area contributed by atoms with E-state index in [0.717, 1.165) is 11.2 Å². The molecule has 0 aliphatic carbocycles. The lowest BCUT2D eigenvalue weighted by Gasteiger charge is -2.34. The maximum absolute atomic E-state index is 13.2. The van der Waals surface area contributed by atoms with Gasteiger partial charge in [0, 0.05) is 12.8 Å². The quantitative estimate of drug-likeness (QED) is 0.125. The summed E-state index contributed by atoms with van der Waals surface area (Å²) in [5, 5.41) is 9.52. The Hall–Kier alpha value is -3.61. The van der Waals surface area contributed by atoms with E-state index in [1.54, 1.807) is 32.0 Å². The molecule has 2 aromatic carbocycles. The summed E-state index contributed by atoms with van der Waals surface area (Å²) in [5.74, 6) is 0.728. The van der Waals surface area contributed by atoms with Crippen LogP contribution in [0.1, 0.15) is 63.1 Å². The highest BCUT2D eigenvalue weighted by Gasteiger charge is 2.51. The van der Waals surface area contributed by atoms with Gasteiger partial charge in [-0.2, -0.15) is 0 Å². The van der Waals surface area contributed by atoms with Crippen LogP contribution in [0.15, 0.2) is 42.5 Å². The van der Waals surface area contributed by atoms with Crippen molar-refractivity contribution in [2.45, 2.75) is 37.4 Å². The van der Waals surface area contributed by atoms with Gasteiger partial charge in [0.25, 0.3) is 23.6 Å². The Morgan fingerprint density at radius 3 is 2.17 bits per heavy atom. The first-order valence-corrected chi connectivity index (χ1v) is 13.0. The smallest absolute Gasteiger partial charge is 0.261 e. The molecule has 12 heteroatoms. The zero-order chi connectivity index (χ0) is 26.8. The number of carbonyl (C=O) groups excluding carboxylic acids is 4. The molecule has 1 heterocycles. The Morgan fingerprint density at radius 2 is 1.69 bits per heavy atom. The Kier molecular flexibility index (Phi) is 7.62. The number of hydrogen-bond acceptors (Lipinski definition) is 8. The normalized spacial score (nSPS) is 15.8. The Balaban J connectivity index is 2.25. The van der Waals surface area contributed by atoms with Gasteiger partial charge < -0.3 is 0 Å². The molecule has 1 aliphatic heterocycles. The van der Waals surface area contributed by atoms with E-state index in [0.29, 0.717) is 5.56 Å². The van der Waals surface area contributed by atoms with Crippen molar-refractivity contribution in [2.75, 3.05) is 12.8 Å². The van der Waals surface area contributed by atoms with E-state index < -0.39 is 50.7 Å². The van der Waals surface area contributed by atoms with Crippen molar-refractivity contribution in [2.24, 2.45) is 5.84 Å².